The van der Waals surface area contributed by atoms with Crippen LogP contribution in [0.1, 0.15) is 12.5 Å². The highest BCUT2D eigenvalue weighted by Gasteiger charge is 2.13. The van der Waals surface area contributed by atoms with Gasteiger partial charge in [0.1, 0.15) is 0 Å². The number of pyridine rings is 1. The minimum Gasteiger partial charge on any atom is -0.288 e. The summed E-state index contributed by atoms with van der Waals surface area (Å²) >= 11 is 1.12. The summed E-state index contributed by atoms with van der Waals surface area (Å²) in [6.07, 6.45) is 1.57. The van der Waals surface area contributed by atoms with Crippen LogP contribution in [0.15, 0.2) is 30.5 Å². The molecule has 1 heterocycles. The van der Waals surface area contributed by atoms with Gasteiger partial charge in [-0.1, -0.05) is 23.6 Å². The predicted molar refractivity (Wildman–Crippen MR) is 78.4 cm³/mol. The van der Waals surface area contributed by atoms with Crippen LogP contribution in [-0.4, -0.2) is 20.8 Å². The van der Waals surface area contributed by atoms with Crippen molar-refractivity contribution in [2.24, 2.45) is 0 Å². The Morgan fingerprint density at radius 2 is 2.25 bits per heavy atom. The second kappa shape index (κ2) is 6.17. The molecule has 0 atom stereocenters. The van der Waals surface area contributed by atoms with Crippen LogP contribution in [0.2, 0.25) is 0 Å². The van der Waals surface area contributed by atoms with E-state index in [1.807, 2.05) is 0 Å². The van der Waals surface area contributed by atoms with Crippen LogP contribution < -0.4 is 0 Å². The lowest BCUT2D eigenvalue weighted by atomic mass is 10.1. The SMILES string of the molecule is CC(=O)SCC#Cc1ccc([N+](=O)[O-])c2cccnc12. The maximum Gasteiger partial charge on any atom is 0.278 e. The fourth-order valence-corrected chi connectivity index (χ4v) is 2.03. The first-order valence-corrected chi connectivity index (χ1v) is 6.72. The Morgan fingerprint density at radius 1 is 1.45 bits per heavy atom. The molecule has 0 radical (unpaired) electrons. The lowest BCUT2D eigenvalue weighted by Crippen LogP contribution is -1.92. The van der Waals surface area contributed by atoms with E-state index in [1.54, 1.807) is 24.4 Å². The fourth-order valence-electron chi connectivity index (χ4n) is 1.69. The second-order valence-electron chi connectivity index (χ2n) is 3.87. The molecule has 0 aliphatic carbocycles. The van der Waals surface area contributed by atoms with Crippen molar-refractivity contribution >= 4 is 33.5 Å². The number of fused-ring (bicyclic) bond motifs is 1. The number of carbonyl (C=O) groups excluding carboxylic acids is 1. The Labute approximate surface area is 119 Å². The van der Waals surface area contributed by atoms with Crippen LogP contribution in [0, 0.1) is 22.0 Å². The summed E-state index contributed by atoms with van der Waals surface area (Å²) in [5.74, 6) is 6.15. The Hall–Kier alpha value is -2.39. The maximum absolute atomic E-state index is 11.0. The molecule has 0 aliphatic heterocycles. The van der Waals surface area contributed by atoms with Gasteiger partial charge in [-0.05, 0) is 18.2 Å². The molecular weight excluding hydrogens is 276 g/mol. The summed E-state index contributed by atoms with van der Waals surface area (Å²) < 4.78 is 0. The van der Waals surface area contributed by atoms with Crippen molar-refractivity contribution in [2.45, 2.75) is 6.92 Å². The minimum atomic E-state index is -0.438. The summed E-state index contributed by atoms with van der Waals surface area (Å²) in [6.45, 7) is 1.48. The molecule has 2 aromatic rings. The molecule has 0 aliphatic rings. The van der Waals surface area contributed by atoms with Gasteiger partial charge in [0.25, 0.3) is 5.69 Å². The Balaban J connectivity index is 2.43. The summed E-state index contributed by atoms with van der Waals surface area (Å²) in [5.41, 5.74) is 1.13. The average molecular weight is 286 g/mol. The van der Waals surface area contributed by atoms with Crippen molar-refractivity contribution in [3.8, 4) is 11.8 Å². The number of nitrogens with zero attached hydrogens (tertiary/aromatic N) is 2. The first-order chi connectivity index (χ1) is 9.59. The number of hydrogen-bond acceptors (Lipinski definition) is 5. The first kappa shape index (κ1) is 14.0. The van der Waals surface area contributed by atoms with Gasteiger partial charge >= 0.3 is 0 Å². The summed E-state index contributed by atoms with van der Waals surface area (Å²) in [4.78, 5) is 25.5. The first-order valence-electron chi connectivity index (χ1n) is 5.74. The van der Waals surface area contributed by atoms with E-state index in [-0.39, 0.29) is 10.8 Å². The largest absolute Gasteiger partial charge is 0.288 e. The van der Waals surface area contributed by atoms with Crippen LogP contribution in [0.4, 0.5) is 5.69 Å². The molecule has 0 N–H and O–H groups in total. The maximum atomic E-state index is 11.0. The van der Waals surface area contributed by atoms with Gasteiger partial charge in [0.2, 0.25) is 0 Å². The number of aromatic nitrogens is 1. The molecule has 1 aromatic carbocycles. The molecule has 6 heteroatoms. The number of thioether (sulfide) groups is 1. The minimum absolute atomic E-state index is 0.00554. The number of benzene rings is 1. The highest BCUT2D eigenvalue weighted by atomic mass is 32.2. The van der Waals surface area contributed by atoms with Crippen LogP contribution in [-0.2, 0) is 4.79 Å². The quantitative estimate of drug-likeness (QED) is 0.482. The predicted octanol–water partition coefficient (Wildman–Crippen LogP) is 2.77. The molecule has 0 fully saturated rings. The fraction of sp³-hybridized carbons (Fsp3) is 0.143. The van der Waals surface area contributed by atoms with Gasteiger partial charge in [0.05, 0.1) is 27.1 Å². The molecule has 100 valence electrons. The molecule has 0 unspecified atom stereocenters. The third kappa shape index (κ3) is 3.13. The molecule has 2 rings (SSSR count). The standard InChI is InChI=1S/C14H10N2O3S/c1-10(17)20-9-3-4-11-6-7-13(16(18)19)12-5-2-8-15-14(11)12/h2,5-8H,9H2,1H3. The van der Waals surface area contributed by atoms with E-state index in [9.17, 15) is 14.9 Å². The van der Waals surface area contributed by atoms with Crippen molar-refractivity contribution in [2.75, 3.05) is 5.75 Å². The highest BCUT2D eigenvalue weighted by molar-refractivity contribution is 8.13. The smallest absolute Gasteiger partial charge is 0.278 e. The normalized spacial score (nSPS) is 9.85. The zero-order chi connectivity index (χ0) is 14.5. The Kier molecular flexibility index (Phi) is 4.33. The van der Waals surface area contributed by atoms with Crippen molar-refractivity contribution in [3.63, 3.8) is 0 Å². The number of carbonyl (C=O) groups is 1. The molecule has 0 saturated carbocycles. The number of rotatable bonds is 2. The van der Waals surface area contributed by atoms with Gasteiger partial charge in [-0.25, -0.2) is 0 Å². The Morgan fingerprint density at radius 3 is 2.95 bits per heavy atom. The Bertz CT molecular complexity index is 747. The monoisotopic (exact) mass is 286 g/mol. The lowest BCUT2D eigenvalue weighted by molar-refractivity contribution is -0.383. The van der Waals surface area contributed by atoms with E-state index in [0.29, 0.717) is 22.2 Å². The van der Waals surface area contributed by atoms with Crippen molar-refractivity contribution < 1.29 is 9.72 Å². The lowest BCUT2D eigenvalue weighted by Gasteiger charge is -2.00. The van der Waals surface area contributed by atoms with Gasteiger partial charge in [0.15, 0.2) is 5.12 Å². The molecular formula is C14H10N2O3S. The number of hydrogen-bond donors (Lipinski definition) is 0. The van der Waals surface area contributed by atoms with E-state index in [0.717, 1.165) is 11.8 Å². The molecule has 0 saturated heterocycles. The third-order valence-electron chi connectivity index (χ3n) is 2.51. The van der Waals surface area contributed by atoms with Crippen LogP contribution in [0.3, 0.4) is 0 Å². The van der Waals surface area contributed by atoms with E-state index in [1.165, 1.54) is 13.0 Å². The van der Waals surface area contributed by atoms with Crippen molar-refractivity contribution in [3.05, 3.63) is 46.1 Å². The third-order valence-corrected chi connectivity index (χ3v) is 3.21. The van der Waals surface area contributed by atoms with E-state index < -0.39 is 4.92 Å². The summed E-state index contributed by atoms with van der Waals surface area (Å²) in [7, 11) is 0. The molecule has 1 aromatic heterocycles. The summed E-state index contributed by atoms with van der Waals surface area (Å²) in [6, 6.07) is 6.30. The zero-order valence-corrected chi connectivity index (χ0v) is 11.4. The molecule has 0 bridgehead atoms. The van der Waals surface area contributed by atoms with Crippen LogP contribution in [0.5, 0.6) is 0 Å². The molecule has 5 nitrogen and oxygen atoms in total. The van der Waals surface area contributed by atoms with E-state index in [2.05, 4.69) is 16.8 Å². The van der Waals surface area contributed by atoms with Crippen LogP contribution >= 0.6 is 11.8 Å². The number of nitro groups is 1. The molecule has 20 heavy (non-hydrogen) atoms. The number of non-ortho nitro benzene ring substituents is 1. The van der Waals surface area contributed by atoms with Crippen molar-refractivity contribution in [1.29, 1.82) is 0 Å². The van der Waals surface area contributed by atoms with Gasteiger partial charge in [-0.3, -0.25) is 19.9 Å². The van der Waals surface area contributed by atoms with E-state index >= 15 is 0 Å². The number of nitro benzene ring substituents is 1. The topological polar surface area (TPSA) is 73.1 Å². The van der Waals surface area contributed by atoms with Gasteiger partial charge in [-0.15, -0.1) is 0 Å². The van der Waals surface area contributed by atoms with Crippen LogP contribution in [0.25, 0.3) is 10.9 Å². The summed E-state index contributed by atoms with van der Waals surface area (Å²) in [5, 5.41) is 11.4. The van der Waals surface area contributed by atoms with Gasteiger partial charge in [0, 0.05) is 19.2 Å². The van der Waals surface area contributed by atoms with Crippen molar-refractivity contribution in [1.82, 2.24) is 4.98 Å². The highest BCUT2D eigenvalue weighted by Crippen LogP contribution is 2.26. The average Bonchev–Trinajstić information content (AvgIpc) is 2.43. The molecule has 0 spiro atoms. The second-order valence-corrected chi connectivity index (χ2v) is 5.02. The van der Waals surface area contributed by atoms with Gasteiger partial charge < -0.3 is 0 Å². The van der Waals surface area contributed by atoms with E-state index in [4.69, 9.17) is 0 Å². The zero-order valence-electron chi connectivity index (χ0n) is 10.6. The van der Waals surface area contributed by atoms with Gasteiger partial charge in [-0.2, -0.15) is 0 Å². The molecule has 0 amide bonds.